The second-order valence-corrected chi connectivity index (χ2v) is 7.95. The molecule has 6 nitrogen and oxygen atoms in total. The molecule has 2 aliphatic heterocycles. The molecule has 2 aromatic rings. The summed E-state index contributed by atoms with van der Waals surface area (Å²) in [4.78, 5) is 18.7. The third-order valence-electron chi connectivity index (χ3n) is 5.81. The number of carbonyl (C=O) groups is 1. The molecule has 4 rings (SSSR count). The fraction of sp³-hybridized carbons (Fsp3) is 0.455. The van der Waals surface area contributed by atoms with E-state index in [9.17, 15) is 31.1 Å². The molecule has 0 aliphatic carbocycles. The zero-order valence-electron chi connectivity index (χ0n) is 17.7. The van der Waals surface area contributed by atoms with Gasteiger partial charge in [-0.15, -0.1) is 0 Å². The smallest absolute Gasteiger partial charge is 0.419 e. The summed E-state index contributed by atoms with van der Waals surface area (Å²) >= 11 is 0. The second kappa shape index (κ2) is 9.06. The van der Waals surface area contributed by atoms with E-state index >= 15 is 0 Å². The van der Waals surface area contributed by atoms with Gasteiger partial charge >= 0.3 is 12.4 Å². The molecule has 2 saturated heterocycles. The van der Waals surface area contributed by atoms with Gasteiger partial charge in [-0.05, 0) is 30.3 Å². The van der Waals surface area contributed by atoms with Gasteiger partial charge in [0.1, 0.15) is 24.2 Å². The van der Waals surface area contributed by atoms with Crippen LogP contribution >= 0.6 is 0 Å². The van der Waals surface area contributed by atoms with E-state index in [0.29, 0.717) is 18.2 Å². The number of piperidine rings is 1. The first-order valence-electron chi connectivity index (χ1n) is 10.4. The maximum absolute atomic E-state index is 13.5. The summed E-state index contributed by atoms with van der Waals surface area (Å²) in [5.74, 6) is -1.44. The average molecular weight is 490 g/mol. The average Bonchev–Trinajstić information content (AvgIpc) is 3.22. The molecule has 1 amide bonds. The lowest BCUT2D eigenvalue weighted by molar-refractivity contribution is -0.143. The zero-order chi connectivity index (χ0) is 24.6. The van der Waals surface area contributed by atoms with Crippen molar-refractivity contribution < 1.29 is 45.3 Å². The summed E-state index contributed by atoms with van der Waals surface area (Å²) in [5, 5.41) is 0. The van der Waals surface area contributed by atoms with Crippen molar-refractivity contribution in [1.29, 1.82) is 0 Å². The van der Waals surface area contributed by atoms with E-state index in [1.807, 2.05) is 0 Å². The first-order valence-corrected chi connectivity index (χ1v) is 10.4. The van der Waals surface area contributed by atoms with Crippen LogP contribution in [0.15, 0.2) is 42.6 Å². The van der Waals surface area contributed by atoms with Gasteiger partial charge in [0.2, 0.25) is 0 Å². The number of benzene rings is 1. The number of amides is 1. The van der Waals surface area contributed by atoms with Crippen molar-refractivity contribution in [3.63, 3.8) is 0 Å². The highest BCUT2D eigenvalue weighted by Gasteiger charge is 2.52. The lowest BCUT2D eigenvalue weighted by atomic mass is 9.85. The van der Waals surface area contributed by atoms with Crippen molar-refractivity contribution in [3.8, 4) is 5.75 Å². The Balaban J connectivity index is 1.52. The Bertz CT molecular complexity index is 1030. The number of fused-ring (bicyclic) bond motifs is 1. The largest absolute Gasteiger partial charge is 0.493 e. The van der Waals surface area contributed by atoms with Crippen molar-refractivity contribution in [2.75, 3.05) is 26.5 Å². The predicted octanol–water partition coefficient (Wildman–Crippen LogP) is 4.55. The fourth-order valence-corrected chi connectivity index (χ4v) is 4.11. The molecule has 184 valence electrons. The maximum atomic E-state index is 13.5. The SMILES string of the molecule is O=C(c1ccc(OCCC(F)(F)F)c(C(F)(F)F)c1)N1CC[C@]2(c3ccccn3)OCO[C@@H]2C1. The Kier molecular flexibility index (Phi) is 6.47. The molecule has 3 heterocycles. The van der Waals surface area contributed by atoms with Crippen LogP contribution in [0.4, 0.5) is 26.3 Å². The number of aromatic nitrogens is 1. The minimum absolute atomic E-state index is 0.00848. The Morgan fingerprint density at radius 3 is 2.65 bits per heavy atom. The molecule has 1 aromatic carbocycles. The molecule has 0 radical (unpaired) electrons. The van der Waals surface area contributed by atoms with Crippen molar-refractivity contribution in [2.45, 2.75) is 36.9 Å². The quantitative estimate of drug-likeness (QED) is 0.576. The highest BCUT2D eigenvalue weighted by atomic mass is 19.4. The molecule has 2 atom stereocenters. The Morgan fingerprint density at radius 2 is 1.97 bits per heavy atom. The third kappa shape index (κ3) is 4.97. The van der Waals surface area contributed by atoms with Crippen molar-refractivity contribution in [3.05, 3.63) is 59.4 Å². The number of alkyl halides is 6. The molecule has 0 spiro atoms. The number of likely N-dealkylation sites (tertiary alicyclic amines) is 1. The molecular formula is C22H20F6N2O4. The van der Waals surface area contributed by atoms with E-state index in [0.717, 1.165) is 12.1 Å². The van der Waals surface area contributed by atoms with Crippen molar-refractivity contribution in [2.24, 2.45) is 0 Å². The van der Waals surface area contributed by atoms with E-state index < -0.39 is 54.3 Å². The molecule has 2 fully saturated rings. The number of hydrogen-bond donors (Lipinski definition) is 0. The number of ether oxygens (including phenoxy) is 3. The topological polar surface area (TPSA) is 60.9 Å². The van der Waals surface area contributed by atoms with Gasteiger partial charge in [-0.25, -0.2) is 0 Å². The fourth-order valence-electron chi connectivity index (χ4n) is 4.11. The predicted molar refractivity (Wildman–Crippen MR) is 105 cm³/mol. The standard InChI is InChI=1S/C22H20F6N2O4/c23-21(24,25)7-10-32-16-5-4-14(11-15(16)22(26,27)28)19(31)30-9-6-20(17-3-1-2-8-29-17)18(12-30)33-13-34-20/h1-5,8,11,18H,6-7,9-10,12-13H2/t18-,20-/m1/s1. The van der Waals surface area contributed by atoms with Gasteiger partial charge < -0.3 is 19.1 Å². The van der Waals surface area contributed by atoms with Gasteiger partial charge in [0.05, 0.1) is 30.8 Å². The van der Waals surface area contributed by atoms with Gasteiger partial charge in [-0.3, -0.25) is 9.78 Å². The van der Waals surface area contributed by atoms with E-state index in [1.165, 1.54) is 4.90 Å². The normalized spacial score (nSPS) is 23.0. The first kappa shape index (κ1) is 24.3. The van der Waals surface area contributed by atoms with Gasteiger partial charge in [0, 0.05) is 24.7 Å². The Morgan fingerprint density at radius 1 is 1.18 bits per heavy atom. The minimum Gasteiger partial charge on any atom is -0.493 e. The Labute approximate surface area is 190 Å². The third-order valence-corrected chi connectivity index (χ3v) is 5.81. The van der Waals surface area contributed by atoms with Crippen LogP contribution in [-0.2, 0) is 21.3 Å². The van der Waals surface area contributed by atoms with Crippen molar-refractivity contribution in [1.82, 2.24) is 9.88 Å². The zero-order valence-corrected chi connectivity index (χ0v) is 17.7. The maximum Gasteiger partial charge on any atom is 0.419 e. The van der Waals surface area contributed by atoms with Crippen LogP contribution in [0.1, 0.15) is 34.5 Å². The molecule has 1 aromatic heterocycles. The number of carbonyl (C=O) groups excluding carboxylic acids is 1. The van der Waals surface area contributed by atoms with Crippen LogP contribution in [0.5, 0.6) is 5.75 Å². The van der Waals surface area contributed by atoms with Crippen LogP contribution in [0.2, 0.25) is 0 Å². The second-order valence-electron chi connectivity index (χ2n) is 7.95. The number of rotatable bonds is 5. The molecule has 12 heteroatoms. The highest BCUT2D eigenvalue weighted by Crippen LogP contribution is 2.42. The number of hydrogen-bond acceptors (Lipinski definition) is 5. The number of nitrogens with zero attached hydrogens (tertiary/aromatic N) is 2. The van der Waals surface area contributed by atoms with Crippen molar-refractivity contribution >= 4 is 5.91 Å². The molecule has 0 bridgehead atoms. The van der Waals surface area contributed by atoms with Gasteiger partial charge in [0.15, 0.2) is 0 Å². The summed E-state index contributed by atoms with van der Waals surface area (Å²) in [6.07, 6.45) is -9.53. The molecule has 34 heavy (non-hydrogen) atoms. The monoisotopic (exact) mass is 490 g/mol. The molecule has 2 aliphatic rings. The number of halogens is 6. The lowest BCUT2D eigenvalue weighted by Crippen LogP contribution is -2.53. The van der Waals surface area contributed by atoms with E-state index in [-0.39, 0.29) is 25.4 Å². The van der Waals surface area contributed by atoms with E-state index in [4.69, 9.17) is 14.2 Å². The van der Waals surface area contributed by atoms with Crippen LogP contribution in [0.3, 0.4) is 0 Å². The highest BCUT2D eigenvalue weighted by molar-refractivity contribution is 5.94. The minimum atomic E-state index is -4.93. The molecular weight excluding hydrogens is 470 g/mol. The lowest BCUT2D eigenvalue weighted by Gasteiger charge is -2.41. The van der Waals surface area contributed by atoms with Crippen LogP contribution in [0.25, 0.3) is 0 Å². The van der Waals surface area contributed by atoms with Gasteiger partial charge in [-0.2, -0.15) is 26.3 Å². The summed E-state index contributed by atoms with van der Waals surface area (Å²) in [7, 11) is 0. The summed E-state index contributed by atoms with van der Waals surface area (Å²) in [5.41, 5.74) is -1.80. The van der Waals surface area contributed by atoms with E-state index in [2.05, 4.69) is 4.98 Å². The molecule has 0 unspecified atom stereocenters. The van der Waals surface area contributed by atoms with Gasteiger partial charge in [0.25, 0.3) is 5.91 Å². The van der Waals surface area contributed by atoms with Crippen LogP contribution in [0, 0.1) is 0 Å². The van der Waals surface area contributed by atoms with Crippen LogP contribution < -0.4 is 4.74 Å². The first-order chi connectivity index (χ1) is 16.0. The molecule has 0 saturated carbocycles. The summed E-state index contributed by atoms with van der Waals surface area (Å²) in [6, 6.07) is 7.89. The van der Waals surface area contributed by atoms with E-state index in [1.54, 1.807) is 24.4 Å². The van der Waals surface area contributed by atoms with Crippen LogP contribution in [-0.4, -0.2) is 54.6 Å². The summed E-state index contributed by atoms with van der Waals surface area (Å²) in [6.45, 7) is -0.729. The summed E-state index contributed by atoms with van der Waals surface area (Å²) < 4.78 is 93.8. The number of pyridine rings is 1. The molecule has 0 N–H and O–H groups in total. The Hall–Kier alpha value is -2.86. The van der Waals surface area contributed by atoms with Gasteiger partial charge in [-0.1, -0.05) is 6.07 Å².